The number of benzene rings is 4. The van der Waals surface area contributed by atoms with E-state index in [1.165, 1.54) is 0 Å². The fraction of sp³-hybridized carbons (Fsp3) is 0. The molecule has 0 saturated carbocycles. The molecule has 0 saturated heterocycles. The van der Waals surface area contributed by atoms with E-state index in [4.69, 9.17) is 42.9 Å². The molecule has 5 heterocycles. The molecule has 5 aliphatic heterocycles. The Labute approximate surface area is 342 Å². The summed E-state index contributed by atoms with van der Waals surface area (Å²) in [6.07, 6.45) is 15.2. The minimum atomic E-state index is -0.554. The molecule has 4 amide bonds. The molecule has 5 aliphatic rings. The lowest BCUT2D eigenvalue weighted by Gasteiger charge is -2.13. The Kier molecular flexibility index (Phi) is 9.06. The quantitative estimate of drug-likeness (QED) is 0.167. The number of hydrogen-bond acceptors (Lipinski definition) is 8. The van der Waals surface area contributed by atoms with E-state index in [1.807, 2.05) is 48.6 Å². The lowest BCUT2D eigenvalue weighted by atomic mass is 9.97. The fourth-order valence-electron chi connectivity index (χ4n) is 7.48. The van der Waals surface area contributed by atoms with Gasteiger partial charge in [0.25, 0.3) is 0 Å². The van der Waals surface area contributed by atoms with E-state index >= 15 is 0 Å². The van der Waals surface area contributed by atoms with Crippen LogP contribution in [-0.2, 0) is 0 Å². The highest BCUT2D eigenvalue weighted by Crippen LogP contribution is 2.38. The Morgan fingerprint density at radius 2 is 0.467 bits per heavy atom. The molecular weight excluding hydrogens is 753 g/mol. The molecule has 4 aromatic carbocycles. The number of carbonyl (C=O) groups is 4. The van der Waals surface area contributed by atoms with Gasteiger partial charge in [0.2, 0.25) is 23.6 Å². The van der Waals surface area contributed by atoms with E-state index in [0.29, 0.717) is 90.2 Å². The Morgan fingerprint density at radius 1 is 0.283 bits per heavy atom. The van der Waals surface area contributed by atoms with Crippen molar-refractivity contribution in [1.29, 1.82) is 0 Å². The van der Waals surface area contributed by atoms with Crippen LogP contribution < -0.4 is 22.9 Å². The number of allylic oxidation sites excluding steroid dienone is 12. The standard InChI is InChI=1S/C48H32N8O4/c49-45(57)29-9-1-25(2-10-29)41-33-17-19-35(53-33)42(26-3-11-30(12-4-26)46(50)58)37-21-23-39(55-37)44(28-7-15-32(16-8-28)48(52)60)40-24-22-38(56-40)43(36-20-18-34(41)54-36)27-5-13-31(14-6-27)47(51)59/h1-24H,(H2,49,57)(H2,50,58)(H2,51,59)(H2,52,60). The van der Waals surface area contributed by atoms with Gasteiger partial charge >= 0.3 is 0 Å². The van der Waals surface area contributed by atoms with Crippen molar-refractivity contribution in [2.45, 2.75) is 0 Å². The van der Waals surface area contributed by atoms with Gasteiger partial charge in [-0.25, -0.2) is 20.0 Å². The van der Waals surface area contributed by atoms with E-state index in [-0.39, 0.29) is 0 Å². The van der Waals surface area contributed by atoms with Gasteiger partial charge in [0.05, 0.1) is 45.6 Å². The average molecular weight is 785 g/mol. The van der Waals surface area contributed by atoms with Crippen LogP contribution in [0.3, 0.4) is 0 Å². The number of fused-ring (bicyclic) bond motifs is 4. The first-order chi connectivity index (χ1) is 29.0. The van der Waals surface area contributed by atoms with E-state index in [9.17, 15) is 19.2 Å². The number of aliphatic imine (C=N–C) groups is 4. The van der Waals surface area contributed by atoms with Gasteiger partial charge in [-0.1, -0.05) is 48.5 Å². The van der Waals surface area contributed by atoms with Crippen molar-refractivity contribution in [3.63, 3.8) is 0 Å². The van der Waals surface area contributed by atoms with Crippen LogP contribution in [0.15, 0.2) is 188 Å². The van der Waals surface area contributed by atoms with Gasteiger partial charge in [-0.05, 0) is 119 Å². The molecule has 0 spiro atoms. The molecular formula is C48H32N8O4. The predicted molar refractivity (Wildman–Crippen MR) is 234 cm³/mol. The second-order valence-corrected chi connectivity index (χ2v) is 14.1. The molecule has 8 bridgehead atoms. The molecule has 0 unspecified atom stereocenters. The van der Waals surface area contributed by atoms with Crippen molar-refractivity contribution in [2.75, 3.05) is 0 Å². The lowest BCUT2D eigenvalue weighted by Crippen LogP contribution is -2.11. The van der Waals surface area contributed by atoms with Crippen LogP contribution in [0.4, 0.5) is 0 Å². The van der Waals surface area contributed by atoms with Crippen LogP contribution in [0.5, 0.6) is 0 Å². The normalized spacial score (nSPS) is 16.4. The van der Waals surface area contributed by atoms with Crippen LogP contribution in [0.1, 0.15) is 63.7 Å². The zero-order chi connectivity index (χ0) is 41.7. The monoisotopic (exact) mass is 784 g/mol. The Hall–Kier alpha value is -8.64. The molecule has 9 rings (SSSR count). The average Bonchev–Trinajstić information content (AvgIpc) is 4.10. The summed E-state index contributed by atoms with van der Waals surface area (Å²) in [7, 11) is 0. The molecule has 0 aliphatic carbocycles. The van der Waals surface area contributed by atoms with Crippen LogP contribution in [0, 0.1) is 0 Å². The van der Waals surface area contributed by atoms with Gasteiger partial charge < -0.3 is 22.9 Å². The number of nitrogens with zero attached hydrogens (tertiary/aromatic N) is 4. The van der Waals surface area contributed by atoms with Gasteiger partial charge in [-0.2, -0.15) is 0 Å². The first-order valence-electron chi connectivity index (χ1n) is 18.7. The molecule has 0 radical (unpaired) electrons. The van der Waals surface area contributed by atoms with Gasteiger partial charge in [0.1, 0.15) is 0 Å². The van der Waals surface area contributed by atoms with Gasteiger partial charge in [-0.3, -0.25) is 19.2 Å². The Balaban J connectivity index is 1.34. The maximum atomic E-state index is 12.1. The first kappa shape index (κ1) is 37.0. The summed E-state index contributed by atoms with van der Waals surface area (Å²) in [5.41, 5.74) is 34.2. The van der Waals surface area contributed by atoms with Crippen molar-refractivity contribution in [3.8, 4) is 0 Å². The van der Waals surface area contributed by atoms with E-state index in [1.54, 1.807) is 97.1 Å². The summed E-state index contributed by atoms with van der Waals surface area (Å²) in [6.45, 7) is 0. The minimum absolute atomic E-state index is 0.348. The number of primary amides is 4. The molecule has 288 valence electrons. The van der Waals surface area contributed by atoms with Crippen LogP contribution >= 0.6 is 0 Å². The lowest BCUT2D eigenvalue weighted by molar-refractivity contribution is 0.0992. The number of carbonyl (C=O) groups excluding carboxylic acids is 4. The highest BCUT2D eigenvalue weighted by Gasteiger charge is 2.28. The van der Waals surface area contributed by atoms with E-state index in [2.05, 4.69) is 0 Å². The Bertz CT molecular complexity index is 2600. The van der Waals surface area contributed by atoms with Crippen LogP contribution in [-0.4, -0.2) is 46.5 Å². The third kappa shape index (κ3) is 6.69. The summed E-state index contributed by atoms with van der Waals surface area (Å²) in [5, 5.41) is 0. The van der Waals surface area contributed by atoms with Gasteiger partial charge in [0.15, 0.2) is 0 Å². The zero-order valence-electron chi connectivity index (χ0n) is 31.6. The molecule has 12 nitrogen and oxygen atoms in total. The van der Waals surface area contributed by atoms with Gasteiger partial charge in [-0.15, -0.1) is 0 Å². The van der Waals surface area contributed by atoms with Crippen molar-refractivity contribution >= 4 is 68.8 Å². The number of rotatable bonds is 8. The van der Waals surface area contributed by atoms with Crippen molar-refractivity contribution in [1.82, 2.24) is 0 Å². The van der Waals surface area contributed by atoms with E-state index < -0.39 is 23.6 Å². The first-order valence-corrected chi connectivity index (χ1v) is 18.7. The van der Waals surface area contributed by atoms with Crippen LogP contribution in [0.2, 0.25) is 0 Å². The summed E-state index contributed by atoms with van der Waals surface area (Å²) in [6, 6.07) is 27.7. The number of hydrogen-bond donors (Lipinski definition) is 4. The van der Waals surface area contributed by atoms with Crippen molar-refractivity contribution in [3.05, 3.63) is 213 Å². The Morgan fingerprint density at radius 3 is 0.633 bits per heavy atom. The second-order valence-electron chi connectivity index (χ2n) is 14.1. The zero-order valence-corrected chi connectivity index (χ0v) is 31.6. The van der Waals surface area contributed by atoms with Gasteiger partial charge in [0, 0.05) is 44.5 Å². The summed E-state index contributed by atoms with van der Waals surface area (Å²) in [5.74, 6) is -2.22. The number of amides is 4. The topological polar surface area (TPSA) is 222 Å². The molecule has 4 aromatic rings. The SMILES string of the molecule is NC(=O)c1ccc(C2=C3C=CC(=N3)C(c3ccc(C(N)=O)cc3)=C3C=CC(=N3)C(c3ccc(C(N)=O)cc3)=C3C=CC(=N3)C(c3ccc(C(N)=O)cc3)=C3C=CC2=N3)cc1. The second kappa shape index (κ2) is 14.7. The summed E-state index contributed by atoms with van der Waals surface area (Å²) >= 11 is 0. The van der Waals surface area contributed by atoms with Crippen molar-refractivity contribution in [2.24, 2.45) is 42.9 Å². The molecule has 8 N–H and O–H groups in total. The summed E-state index contributed by atoms with van der Waals surface area (Å²) in [4.78, 5) is 69.1. The molecule has 0 atom stereocenters. The van der Waals surface area contributed by atoms with E-state index in [0.717, 1.165) is 22.3 Å². The van der Waals surface area contributed by atoms with Crippen LogP contribution in [0.25, 0.3) is 22.3 Å². The predicted octanol–water partition coefficient (Wildman–Crippen LogP) is 6.08. The largest absolute Gasteiger partial charge is 0.366 e. The third-order valence-electron chi connectivity index (χ3n) is 10.4. The highest BCUT2D eigenvalue weighted by molar-refractivity contribution is 6.39. The molecule has 12 heteroatoms. The van der Waals surface area contributed by atoms with Crippen molar-refractivity contribution < 1.29 is 19.2 Å². The highest BCUT2D eigenvalue weighted by atomic mass is 16.2. The smallest absolute Gasteiger partial charge is 0.248 e. The summed E-state index contributed by atoms with van der Waals surface area (Å²) < 4.78 is 0. The molecule has 0 fully saturated rings. The maximum absolute atomic E-state index is 12.1. The molecule has 0 aromatic heterocycles. The third-order valence-corrected chi connectivity index (χ3v) is 10.4. The fourth-order valence-corrected chi connectivity index (χ4v) is 7.48. The maximum Gasteiger partial charge on any atom is 0.248 e. The molecule has 60 heavy (non-hydrogen) atoms. The number of nitrogens with two attached hydrogens (primary N) is 4. The minimum Gasteiger partial charge on any atom is -0.366 e.